The van der Waals surface area contributed by atoms with Crippen molar-refractivity contribution >= 4 is 41.8 Å². The molecule has 0 heterocycles. The van der Waals surface area contributed by atoms with E-state index in [1.54, 1.807) is 6.92 Å². The second kappa shape index (κ2) is 7.80. The van der Waals surface area contributed by atoms with Crippen LogP contribution >= 0.6 is 24.2 Å². The highest BCUT2D eigenvalue weighted by Crippen LogP contribution is 2.22. The van der Waals surface area contributed by atoms with Gasteiger partial charge in [0, 0.05) is 10.6 Å². The largest absolute Gasteiger partial charge is 0.504 e. The molecule has 0 bridgehead atoms. The molecule has 0 saturated carbocycles. The molecule has 1 amide bonds. The van der Waals surface area contributed by atoms with Crippen LogP contribution in [0.25, 0.3) is 0 Å². The zero-order chi connectivity index (χ0) is 16.0. The van der Waals surface area contributed by atoms with Gasteiger partial charge in [0.2, 0.25) is 0 Å². The number of carbonyl (C=O) groups is 2. The maximum Gasteiger partial charge on any atom is 0.337 e. The Morgan fingerprint density at radius 1 is 1.48 bits per heavy atom. The number of halogens is 1. The van der Waals surface area contributed by atoms with Crippen LogP contribution in [-0.4, -0.2) is 29.6 Å². The van der Waals surface area contributed by atoms with E-state index in [4.69, 9.17) is 21.4 Å². The molecule has 21 heavy (non-hydrogen) atoms. The summed E-state index contributed by atoms with van der Waals surface area (Å²) in [6, 6.07) is 4.28. The minimum atomic E-state index is -1.11. The number of carboxylic acids is 1. The Morgan fingerprint density at radius 3 is 2.71 bits per heavy atom. The van der Waals surface area contributed by atoms with E-state index in [0.29, 0.717) is 10.6 Å². The summed E-state index contributed by atoms with van der Waals surface area (Å²) in [5.41, 5.74) is -0.169. The predicted molar refractivity (Wildman–Crippen MR) is 83.7 cm³/mol. The van der Waals surface area contributed by atoms with E-state index in [0.717, 1.165) is 0 Å². The normalized spacial score (nSPS) is 12.5. The Kier molecular flexibility index (Phi) is 6.39. The fourth-order valence-corrected chi connectivity index (χ4v) is 1.90. The van der Waals surface area contributed by atoms with Crippen molar-refractivity contribution in [1.29, 1.82) is 0 Å². The standard InChI is InChI=1S/C13H15ClN2O4S/c1-7(6-20-2)11(17)16-13(21)15-10-5-8(14)3-4-9(10)12(18)19/h3-6,13,15,21H,1-2H3,(H,16,17)(H,18,19)/b7-6-/t13-/m1/s1. The quantitative estimate of drug-likeness (QED) is 0.278. The molecule has 0 aliphatic rings. The van der Waals surface area contributed by atoms with Crippen LogP contribution in [0.3, 0.4) is 0 Å². The highest BCUT2D eigenvalue weighted by atomic mass is 35.5. The monoisotopic (exact) mass is 330 g/mol. The first-order valence-electron chi connectivity index (χ1n) is 5.83. The summed E-state index contributed by atoms with van der Waals surface area (Å²) >= 11 is 9.98. The van der Waals surface area contributed by atoms with Gasteiger partial charge in [-0.05, 0) is 25.1 Å². The summed E-state index contributed by atoms with van der Waals surface area (Å²) in [6.07, 6.45) is 1.29. The first kappa shape index (κ1) is 17.2. The van der Waals surface area contributed by atoms with Gasteiger partial charge in [0.1, 0.15) is 5.50 Å². The van der Waals surface area contributed by atoms with Crippen molar-refractivity contribution in [2.75, 3.05) is 12.4 Å². The molecule has 0 aliphatic heterocycles. The predicted octanol–water partition coefficient (Wildman–Crippen LogP) is 2.33. The molecule has 6 nitrogen and oxygen atoms in total. The lowest BCUT2D eigenvalue weighted by atomic mass is 10.2. The van der Waals surface area contributed by atoms with Gasteiger partial charge in [-0.1, -0.05) is 11.6 Å². The number of anilines is 1. The Bertz CT molecular complexity index is 577. The number of thiol groups is 1. The van der Waals surface area contributed by atoms with Crippen molar-refractivity contribution in [2.45, 2.75) is 12.4 Å². The van der Waals surface area contributed by atoms with Crippen LogP contribution in [0, 0.1) is 0 Å². The number of amides is 1. The summed E-state index contributed by atoms with van der Waals surface area (Å²) in [7, 11) is 1.43. The van der Waals surface area contributed by atoms with E-state index in [9.17, 15) is 9.59 Å². The molecule has 0 spiro atoms. The van der Waals surface area contributed by atoms with Crippen molar-refractivity contribution in [2.24, 2.45) is 0 Å². The van der Waals surface area contributed by atoms with E-state index in [1.165, 1.54) is 31.6 Å². The number of methoxy groups -OCH3 is 1. The van der Waals surface area contributed by atoms with Gasteiger partial charge in [0.15, 0.2) is 0 Å². The average molecular weight is 331 g/mol. The molecular formula is C13H15ClN2O4S. The summed E-state index contributed by atoms with van der Waals surface area (Å²) in [5.74, 6) is -1.51. The molecular weight excluding hydrogens is 316 g/mol. The number of benzene rings is 1. The van der Waals surface area contributed by atoms with Crippen LogP contribution in [0.1, 0.15) is 17.3 Å². The summed E-state index contributed by atoms with van der Waals surface area (Å²) in [4.78, 5) is 22.8. The first-order valence-corrected chi connectivity index (χ1v) is 6.72. The Balaban J connectivity index is 2.82. The number of aromatic carboxylic acids is 1. The van der Waals surface area contributed by atoms with Crippen LogP contribution in [-0.2, 0) is 9.53 Å². The maximum absolute atomic E-state index is 11.7. The molecule has 1 atom stereocenters. The molecule has 0 saturated heterocycles. The van der Waals surface area contributed by atoms with Gasteiger partial charge in [0.05, 0.1) is 24.6 Å². The maximum atomic E-state index is 11.7. The van der Waals surface area contributed by atoms with E-state index >= 15 is 0 Å². The highest BCUT2D eigenvalue weighted by Gasteiger charge is 2.15. The third-order valence-electron chi connectivity index (χ3n) is 2.42. The SMILES string of the molecule is CO/C=C(/C)C(=O)N[C@H](S)Nc1cc(Cl)ccc1C(=O)O. The fraction of sp³-hybridized carbons (Fsp3) is 0.231. The summed E-state index contributed by atoms with van der Waals surface area (Å²) in [5, 5.41) is 14.7. The fourth-order valence-electron chi connectivity index (χ4n) is 1.47. The Hall–Kier alpha value is -1.86. The number of hydrogen-bond donors (Lipinski definition) is 4. The molecule has 114 valence electrons. The smallest absolute Gasteiger partial charge is 0.337 e. The van der Waals surface area contributed by atoms with Crippen molar-refractivity contribution < 1.29 is 19.4 Å². The number of ether oxygens (including phenoxy) is 1. The summed E-state index contributed by atoms with van der Waals surface area (Å²) < 4.78 is 4.73. The average Bonchev–Trinajstić information content (AvgIpc) is 2.38. The van der Waals surface area contributed by atoms with Crippen molar-refractivity contribution in [3.8, 4) is 0 Å². The van der Waals surface area contributed by atoms with Gasteiger partial charge in [-0.15, -0.1) is 12.6 Å². The lowest BCUT2D eigenvalue weighted by molar-refractivity contribution is -0.117. The lowest BCUT2D eigenvalue weighted by Crippen LogP contribution is -2.37. The van der Waals surface area contributed by atoms with Crippen LogP contribution in [0.4, 0.5) is 5.69 Å². The minimum absolute atomic E-state index is 0.0249. The molecule has 0 aromatic heterocycles. The number of rotatable bonds is 6. The van der Waals surface area contributed by atoms with Crippen molar-refractivity contribution in [3.63, 3.8) is 0 Å². The third kappa shape index (κ3) is 5.20. The Morgan fingerprint density at radius 2 is 2.14 bits per heavy atom. The molecule has 0 unspecified atom stereocenters. The molecule has 3 N–H and O–H groups in total. The molecule has 0 fully saturated rings. The molecule has 1 rings (SSSR count). The van der Waals surface area contributed by atoms with Crippen LogP contribution < -0.4 is 10.6 Å². The number of carbonyl (C=O) groups excluding carboxylic acids is 1. The van der Waals surface area contributed by atoms with Gasteiger partial charge in [-0.3, -0.25) is 4.79 Å². The van der Waals surface area contributed by atoms with Crippen LogP contribution in [0.5, 0.6) is 0 Å². The van der Waals surface area contributed by atoms with Crippen molar-refractivity contribution in [1.82, 2.24) is 5.32 Å². The van der Waals surface area contributed by atoms with Gasteiger partial charge < -0.3 is 20.5 Å². The number of carboxylic acid groups (broad SMARTS) is 1. The zero-order valence-corrected chi connectivity index (χ0v) is 13.0. The number of nitrogens with one attached hydrogen (secondary N) is 2. The molecule has 8 heteroatoms. The second-order valence-corrected chi connectivity index (χ2v) is 5.00. The molecule has 0 aliphatic carbocycles. The van der Waals surface area contributed by atoms with Gasteiger partial charge >= 0.3 is 5.97 Å². The third-order valence-corrected chi connectivity index (χ3v) is 2.92. The van der Waals surface area contributed by atoms with Gasteiger partial charge in [0.25, 0.3) is 5.91 Å². The summed E-state index contributed by atoms with van der Waals surface area (Å²) in [6.45, 7) is 1.57. The second-order valence-electron chi connectivity index (χ2n) is 4.05. The van der Waals surface area contributed by atoms with E-state index in [2.05, 4.69) is 23.3 Å². The number of hydrogen-bond acceptors (Lipinski definition) is 5. The highest BCUT2D eigenvalue weighted by molar-refractivity contribution is 7.81. The van der Waals surface area contributed by atoms with E-state index < -0.39 is 17.4 Å². The van der Waals surface area contributed by atoms with E-state index in [-0.39, 0.29) is 11.3 Å². The van der Waals surface area contributed by atoms with Crippen LogP contribution in [0.2, 0.25) is 5.02 Å². The van der Waals surface area contributed by atoms with Crippen molar-refractivity contribution in [3.05, 3.63) is 40.6 Å². The van der Waals surface area contributed by atoms with Gasteiger partial charge in [-0.25, -0.2) is 4.79 Å². The minimum Gasteiger partial charge on any atom is -0.504 e. The topological polar surface area (TPSA) is 87.7 Å². The van der Waals surface area contributed by atoms with E-state index in [1.807, 2.05) is 0 Å². The molecule has 1 aromatic rings. The lowest BCUT2D eigenvalue weighted by Gasteiger charge is -2.18. The Labute approximate surface area is 132 Å². The van der Waals surface area contributed by atoms with Crippen LogP contribution in [0.15, 0.2) is 30.0 Å². The first-order chi connectivity index (χ1) is 9.85. The molecule has 0 radical (unpaired) electrons. The zero-order valence-electron chi connectivity index (χ0n) is 11.4. The van der Waals surface area contributed by atoms with Gasteiger partial charge in [-0.2, -0.15) is 0 Å². The molecule has 1 aromatic carbocycles.